The van der Waals surface area contributed by atoms with Crippen LogP contribution in [-0.2, 0) is 20.2 Å². The Kier molecular flexibility index (Phi) is 8.25. The number of hydrogen-bond acceptors (Lipinski definition) is 4. The van der Waals surface area contributed by atoms with Gasteiger partial charge in [-0.2, -0.15) is 0 Å². The molecule has 124 valence electrons. The van der Waals surface area contributed by atoms with Gasteiger partial charge in [0.2, 0.25) is 0 Å². The average Bonchev–Trinajstić information content (AvgIpc) is 2.53. The number of halogens is 2. The molecule has 0 aromatic heterocycles. The number of benzene rings is 1. The van der Waals surface area contributed by atoms with E-state index < -0.39 is 0 Å². The average molecular weight is 438 g/mol. The van der Waals surface area contributed by atoms with Gasteiger partial charge in [0, 0.05) is 21.8 Å². The first-order valence-corrected chi connectivity index (χ1v) is 9.27. The van der Waals surface area contributed by atoms with Gasteiger partial charge in [0.15, 0.2) is 0 Å². The van der Waals surface area contributed by atoms with Crippen LogP contribution in [0.5, 0.6) is 11.5 Å². The van der Waals surface area contributed by atoms with Crippen LogP contribution in [0, 0.1) is 5.92 Å². The summed E-state index contributed by atoms with van der Waals surface area (Å²) >= 11 is 6.93. The molecule has 22 heavy (non-hydrogen) atoms. The van der Waals surface area contributed by atoms with Crippen LogP contribution in [0.4, 0.5) is 0 Å². The summed E-state index contributed by atoms with van der Waals surface area (Å²) in [6.07, 6.45) is 0.507. The van der Waals surface area contributed by atoms with Gasteiger partial charge < -0.3 is 14.2 Å². The summed E-state index contributed by atoms with van der Waals surface area (Å²) in [4.78, 5) is 11.5. The molecule has 0 radical (unpaired) electrons. The van der Waals surface area contributed by atoms with E-state index >= 15 is 0 Å². The fraction of sp³-hybridized carbons (Fsp3) is 0.562. The summed E-state index contributed by atoms with van der Waals surface area (Å²) in [6, 6.07) is 3.95. The number of rotatable bonds is 8. The third kappa shape index (κ3) is 5.16. The summed E-state index contributed by atoms with van der Waals surface area (Å²) in [5.74, 6) is 1.22. The molecule has 0 aliphatic heterocycles. The van der Waals surface area contributed by atoms with E-state index in [0.29, 0.717) is 17.1 Å². The lowest BCUT2D eigenvalue weighted by atomic mass is 10.0. The number of methoxy groups -OCH3 is 2. The lowest BCUT2D eigenvalue weighted by Gasteiger charge is -2.20. The van der Waals surface area contributed by atoms with Crippen molar-refractivity contribution in [2.75, 3.05) is 14.2 Å². The smallest absolute Gasteiger partial charge is 0.308 e. The van der Waals surface area contributed by atoms with Gasteiger partial charge in [-0.25, -0.2) is 0 Å². The fourth-order valence-corrected chi connectivity index (χ4v) is 3.09. The lowest BCUT2D eigenvalue weighted by molar-refractivity contribution is -0.145. The van der Waals surface area contributed by atoms with E-state index in [1.807, 2.05) is 26.0 Å². The zero-order valence-corrected chi connectivity index (χ0v) is 16.5. The Morgan fingerprint density at radius 1 is 1.09 bits per heavy atom. The van der Waals surface area contributed by atoms with Crippen molar-refractivity contribution in [1.29, 1.82) is 0 Å². The van der Waals surface area contributed by atoms with E-state index in [0.717, 1.165) is 22.6 Å². The van der Waals surface area contributed by atoms with E-state index in [4.69, 9.17) is 14.2 Å². The molecule has 0 spiro atoms. The molecule has 2 unspecified atom stereocenters. The molecule has 1 rings (SSSR count). The summed E-state index contributed by atoms with van der Waals surface area (Å²) in [5, 5.41) is 1.35. The SMILES string of the molecule is COC(=O)C(C)CC(C)Oc1cc(CBr)c(OC)cc1CBr. The van der Waals surface area contributed by atoms with Gasteiger partial charge in [-0.1, -0.05) is 38.8 Å². The Hall–Kier alpha value is -0.750. The first-order valence-electron chi connectivity index (χ1n) is 7.02. The molecule has 0 N–H and O–H groups in total. The predicted molar refractivity (Wildman–Crippen MR) is 94.1 cm³/mol. The van der Waals surface area contributed by atoms with Gasteiger partial charge in [-0.05, 0) is 25.5 Å². The fourth-order valence-electron chi connectivity index (χ4n) is 2.21. The zero-order valence-electron chi connectivity index (χ0n) is 13.3. The van der Waals surface area contributed by atoms with Crippen LogP contribution in [-0.4, -0.2) is 26.3 Å². The first kappa shape index (κ1) is 19.3. The normalized spacial score (nSPS) is 13.4. The Morgan fingerprint density at radius 3 is 2.14 bits per heavy atom. The van der Waals surface area contributed by atoms with E-state index in [1.54, 1.807) is 7.11 Å². The highest BCUT2D eigenvalue weighted by atomic mass is 79.9. The van der Waals surface area contributed by atoms with Crippen LogP contribution < -0.4 is 9.47 Å². The number of carbonyl (C=O) groups is 1. The Balaban J connectivity index is 2.89. The standard InChI is InChI=1S/C16H22Br2O4/c1-10(16(19)21-4)5-11(2)22-15-7-12(8-17)14(20-3)6-13(15)9-18/h6-7,10-11H,5,8-9H2,1-4H3. The third-order valence-corrected chi connectivity index (χ3v) is 4.58. The van der Waals surface area contributed by atoms with Gasteiger partial charge >= 0.3 is 5.97 Å². The number of esters is 1. The van der Waals surface area contributed by atoms with Crippen LogP contribution in [0.2, 0.25) is 0 Å². The summed E-state index contributed by atoms with van der Waals surface area (Å²) in [7, 11) is 3.06. The summed E-state index contributed by atoms with van der Waals surface area (Å²) in [5.41, 5.74) is 2.04. The maximum Gasteiger partial charge on any atom is 0.308 e. The van der Waals surface area contributed by atoms with Crippen molar-refractivity contribution in [3.05, 3.63) is 23.3 Å². The summed E-state index contributed by atoms with van der Waals surface area (Å²) < 4.78 is 16.2. The van der Waals surface area contributed by atoms with Gasteiger partial charge in [0.05, 0.1) is 26.2 Å². The molecule has 6 heteroatoms. The molecule has 0 aliphatic rings. The topological polar surface area (TPSA) is 44.8 Å². The minimum atomic E-state index is -0.216. The first-order chi connectivity index (χ1) is 10.5. The third-order valence-electron chi connectivity index (χ3n) is 3.37. The van der Waals surface area contributed by atoms with E-state index in [1.165, 1.54) is 7.11 Å². The van der Waals surface area contributed by atoms with Crippen molar-refractivity contribution in [1.82, 2.24) is 0 Å². The molecule has 2 atom stereocenters. The summed E-state index contributed by atoms with van der Waals surface area (Å²) in [6.45, 7) is 3.80. The number of alkyl halides is 2. The molecule has 0 saturated carbocycles. The minimum Gasteiger partial charge on any atom is -0.496 e. The predicted octanol–water partition coefficient (Wildman–Crippen LogP) is 4.45. The molecular formula is C16H22Br2O4. The number of carbonyl (C=O) groups excluding carboxylic acids is 1. The van der Waals surface area contributed by atoms with E-state index in [-0.39, 0.29) is 18.0 Å². The van der Waals surface area contributed by atoms with Gasteiger partial charge in [0.1, 0.15) is 11.5 Å². The van der Waals surface area contributed by atoms with Gasteiger partial charge in [0.25, 0.3) is 0 Å². The zero-order chi connectivity index (χ0) is 16.7. The highest BCUT2D eigenvalue weighted by molar-refractivity contribution is 9.08. The highest BCUT2D eigenvalue weighted by Gasteiger charge is 2.19. The molecule has 4 nitrogen and oxygen atoms in total. The molecule has 0 saturated heterocycles. The molecule has 0 amide bonds. The van der Waals surface area contributed by atoms with Crippen molar-refractivity contribution in [2.45, 2.75) is 37.0 Å². The largest absolute Gasteiger partial charge is 0.496 e. The van der Waals surface area contributed by atoms with Crippen molar-refractivity contribution in [2.24, 2.45) is 5.92 Å². The molecule has 1 aromatic carbocycles. The van der Waals surface area contributed by atoms with Crippen LogP contribution in [0.3, 0.4) is 0 Å². The van der Waals surface area contributed by atoms with Crippen LogP contribution >= 0.6 is 31.9 Å². The van der Waals surface area contributed by atoms with Crippen molar-refractivity contribution in [3.8, 4) is 11.5 Å². The molecule has 0 fully saturated rings. The molecule has 1 aromatic rings. The van der Waals surface area contributed by atoms with Crippen LogP contribution in [0.1, 0.15) is 31.4 Å². The highest BCUT2D eigenvalue weighted by Crippen LogP contribution is 2.32. The second-order valence-corrected chi connectivity index (χ2v) is 6.25. The lowest BCUT2D eigenvalue weighted by Crippen LogP contribution is -2.22. The molecule has 0 bridgehead atoms. The van der Waals surface area contributed by atoms with Crippen LogP contribution in [0.15, 0.2) is 12.1 Å². The van der Waals surface area contributed by atoms with Crippen molar-refractivity contribution >= 4 is 37.8 Å². The number of hydrogen-bond donors (Lipinski definition) is 0. The maximum absolute atomic E-state index is 11.5. The van der Waals surface area contributed by atoms with Gasteiger partial charge in [-0.15, -0.1) is 0 Å². The Morgan fingerprint density at radius 2 is 1.64 bits per heavy atom. The second kappa shape index (κ2) is 9.40. The molecular weight excluding hydrogens is 416 g/mol. The maximum atomic E-state index is 11.5. The molecule has 0 heterocycles. The van der Waals surface area contributed by atoms with E-state index in [9.17, 15) is 4.79 Å². The van der Waals surface area contributed by atoms with Crippen molar-refractivity contribution < 1.29 is 19.0 Å². The quantitative estimate of drug-likeness (QED) is 0.445. The number of ether oxygens (including phenoxy) is 3. The monoisotopic (exact) mass is 436 g/mol. The van der Waals surface area contributed by atoms with Crippen molar-refractivity contribution in [3.63, 3.8) is 0 Å². The van der Waals surface area contributed by atoms with Gasteiger partial charge in [-0.3, -0.25) is 4.79 Å². The second-order valence-electron chi connectivity index (χ2n) is 5.13. The molecule has 0 aliphatic carbocycles. The van der Waals surface area contributed by atoms with Crippen LogP contribution in [0.25, 0.3) is 0 Å². The minimum absolute atomic E-state index is 0.0940. The Bertz CT molecular complexity index is 505. The Labute approximate surface area is 148 Å². The van der Waals surface area contributed by atoms with E-state index in [2.05, 4.69) is 31.9 Å².